The number of pyridine rings is 1. The van der Waals surface area contributed by atoms with E-state index >= 15 is 0 Å². The van der Waals surface area contributed by atoms with Crippen molar-refractivity contribution in [1.82, 2.24) is 39.5 Å². The van der Waals surface area contributed by atoms with Crippen LogP contribution >= 0.6 is 73.1 Å². The highest BCUT2D eigenvalue weighted by Gasteiger charge is 2.53. The van der Waals surface area contributed by atoms with Crippen LogP contribution in [0.25, 0.3) is 43.8 Å². The van der Waals surface area contributed by atoms with Crippen molar-refractivity contribution in [3.8, 4) is 62.0 Å². The summed E-state index contributed by atoms with van der Waals surface area (Å²) < 4.78 is 20.0. The maximum atomic E-state index is 14.0. The van der Waals surface area contributed by atoms with Gasteiger partial charge in [0.2, 0.25) is 29.5 Å². The van der Waals surface area contributed by atoms with Gasteiger partial charge in [-0.15, -0.1) is 34.0 Å². The number of nitriles is 2. The van der Waals surface area contributed by atoms with Gasteiger partial charge in [-0.1, -0.05) is 187 Å². The standard InChI is InChI=1S/C26H23FN4OS.C24H23ClN4OS.C22H26BrN3O.C22H20N6O2S.C19H20ClN3O/c1-26(22-10-9-21(33-22)19-11-15(14-28)12-20(27)13-19)23(24(32)31(2)25(29)30-26)18-7-5-17(6-8-18)16-3-4-16;1-24(20-10-18(13-31-20)17-9-19(25)12-27-11-17)21(22(30)29(2)23(26)28-24)16-7-5-15(6-8-16)14-3-4-14;1-21(2,3)15-11-9-14(10-12-15)18-19(27)26(5)20(24)25-22(18,4)16-7-6-8-17(23)13-16;1-22(17-8-15(12-31-17)14-6-4-5-13(7-14)9-23)18(19(29)28(2)20(24)27-22)16-10-25-21(30-3)26-11-16;1-19(10-9-17(24)23(2)18(21)22-19)15-7-3-5-13(11-15)14-6-4-8-16(20)12-14/h5-13,16,23H,3-4H2,1-2H3,(H2,29,30);5-14,21H,3-4H2,1-2H3,(H2,26,28);6-13,18H,1-5H3,(H2,24,25);4-8,10-12,18H,1-3H3,(H2,24,27);3-8,11-12H,9-10H2,1-2H3,(H2,21,22)/t23-,26+;21-,24-;18-,22-;18?,22-;19-/m01110/s1. The molecule has 26 nitrogen and oxygen atoms in total. The van der Waals surface area contributed by atoms with Crippen molar-refractivity contribution in [2.45, 2.75) is 163 Å². The van der Waals surface area contributed by atoms with Gasteiger partial charge in [-0.3, -0.25) is 53.5 Å². The van der Waals surface area contributed by atoms with Gasteiger partial charge in [0.15, 0.2) is 29.8 Å². The van der Waals surface area contributed by atoms with E-state index in [0.29, 0.717) is 51.4 Å². The quantitative estimate of drug-likeness (QED) is 0.0600. The van der Waals surface area contributed by atoms with Gasteiger partial charge >= 0.3 is 6.01 Å². The molecule has 746 valence electrons. The van der Waals surface area contributed by atoms with E-state index < -0.39 is 57.2 Å². The van der Waals surface area contributed by atoms with Crippen LogP contribution in [0.2, 0.25) is 10.0 Å². The summed E-state index contributed by atoms with van der Waals surface area (Å²) in [5.41, 5.74) is 43.2. The molecule has 146 heavy (non-hydrogen) atoms. The largest absolute Gasteiger partial charge is 0.467 e. The predicted octanol–water partition coefficient (Wildman–Crippen LogP) is 21.4. The Balaban J connectivity index is 0.000000131. The highest BCUT2D eigenvalue weighted by Crippen LogP contribution is 2.54. The first kappa shape index (κ1) is 104. The highest BCUT2D eigenvalue weighted by atomic mass is 79.9. The van der Waals surface area contributed by atoms with Crippen LogP contribution in [0.3, 0.4) is 0 Å². The van der Waals surface area contributed by atoms with E-state index in [-0.39, 0.29) is 76.3 Å². The molecule has 5 aliphatic heterocycles. The van der Waals surface area contributed by atoms with Gasteiger partial charge in [-0.25, -0.2) is 39.3 Å². The highest BCUT2D eigenvalue weighted by molar-refractivity contribution is 9.10. The minimum atomic E-state index is -0.943. The van der Waals surface area contributed by atoms with Gasteiger partial charge in [-0.05, 0) is 264 Å². The molecule has 13 aromatic rings. The minimum absolute atomic E-state index is 0.00836. The molecule has 2 fully saturated rings. The third-order valence-corrected chi connectivity index (χ3v) is 32.8. The molecule has 5 aromatic heterocycles. The lowest BCUT2D eigenvalue weighted by Gasteiger charge is -2.41. The predicted molar refractivity (Wildman–Crippen MR) is 582 cm³/mol. The number of halogens is 4. The molecular formula is C113H112BrCl2FN20O6S3. The van der Waals surface area contributed by atoms with E-state index in [1.165, 1.54) is 109 Å². The second kappa shape index (κ2) is 42.3. The monoisotopic (exact) mass is 2110 g/mol. The number of ether oxygens (including phenoxy) is 1. The van der Waals surface area contributed by atoms with Crippen molar-refractivity contribution in [2.75, 3.05) is 42.3 Å². The first-order chi connectivity index (χ1) is 69.5. The maximum absolute atomic E-state index is 14.0. The molecular weight excluding hydrogens is 2000 g/mol. The topological polar surface area (TPSA) is 389 Å². The van der Waals surface area contributed by atoms with E-state index in [0.717, 1.165) is 85.2 Å². The Morgan fingerprint density at radius 2 is 0.863 bits per heavy atom. The Bertz CT molecular complexity index is 7440. The number of guanidine groups is 5. The van der Waals surface area contributed by atoms with E-state index in [1.54, 1.807) is 83.5 Å². The molecule has 0 spiro atoms. The third-order valence-electron chi connectivity index (χ3n) is 28.2. The molecule has 7 aliphatic rings. The Kier molecular flexibility index (Phi) is 30.3. The van der Waals surface area contributed by atoms with Crippen molar-refractivity contribution in [1.29, 1.82) is 10.5 Å². The Morgan fingerprint density at radius 1 is 0.432 bits per heavy atom. The van der Waals surface area contributed by atoms with Gasteiger partial charge in [0.25, 0.3) is 0 Å². The SMILES string of the molecule is CN1C(=O)CC[C@@](C)(c2cccc(-c3cccc(Cl)c3)c2)N=C1N.CN1C(=O)[C@@H](c2ccc(C(C)(C)C)cc2)[C@@](C)(c2cccc(Br)c2)N=C1N.CN1C(=O)[C@@H](c2ccc(C3CC3)cc2)[C@@](C)(c2cc(-c3cncc(Cl)c3)cs2)N=C1N.CN1C(=O)[C@H](c2ccc(C3CC3)cc2)[C@@](C)(c2ccc(-c3cc(F)cc(C#N)c3)s2)N=C1N.COc1ncc(C2C(=O)N(C)C(N)=N[C@]2(C)c2cc(-c3cccc(C#N)c3)cs2)cn1. The van der Waals surface area contributed by atoms with Gasteiger partial charge in [0.1, 0.15) is 28.0 Å². The summed E-state index contributed by atoms with van der Waals surface area (Å²) in [5.74, 6) is -0.621. The first-order valence-electron chi connectivity index (χ1n) is 47.5. The van der Waals surface area contributed by atoms with Crippen molar-refractivity contribution in [2.24, 2.45) is 53.6 Å². The fraction of sp³-hybridized carbons (Fsp3) is 0.283. The molecule has 9 atom stereocenters. The number of amides is 5. The van der Waals surface area contributed by atoms with E-state index in [1.807, 2.05) is 180 Å². The molecule has 2 saturated carbocycles. The minimum Gasteiger partial charge on any atom is -0.467 e. The summed E-state index contributed by atoms with van der Waals surface area (Å²) in [6.45, 7) is 16.3. The number of aromatic nitrogens is 3. The lowest BCUT2D eigenvalue weighted by atomic mass is 9.74. The average molecular weight is 2110 g/mol. The number of nitrogens with two attached hydrogens (primary N) is 5. The van der Waals surface area contributed by atoms with E-state index in [2.05, 4.69) is 129 Å². The van der Waals surface area contributed by atoms with Crippen molar-refractivity contribution in [3.63, 3.8) is 0 Å². The molecule has 0 radical (unpaired) electrons. The van der Waals surface area contributed by atoms with E-state index in [4.69, 9.17) is 76.6 Å². The smallest absolute Gasteiger partial charge is 0.316 e. The number of hydrogen-bond acceptors (Lipinski definition) is 24. The Morgan fingerprint density at radius 3 is 1.36 bits per heavy atom. The number of benzene rings is 8. The van der Waals surface area contributed by atoms with E-state index in [9.17, 15) is 38.9 Å². The second-order valence-electron chi connectivity index (χ2n) is 39.3. The number of aliphatic imine (C=N–C) groups is 5. The van der Waals surface area contributed by atoms with Crippen molar-refractivity contribution in [3.05, 3.63) is 350 Å². The zero-order valence-electron chi connectivity index (χ0n) is 83.2. The summed E-state index contributed by atoms with van der Waals surface area (Å²) in [4.78, 5) is 112. The molecule has 5 amide bonds. The molecule has 8 aromatic carbocycles. The molecule has 10 N–H and O–H groups in total. The Labute approximate surface area is 879 Å². The zero-order valence-corrected chi connectivity index (χ0v) is 88.8. The lowest BCUT2D eigenvalue weighted by molar-refractivity contribution is -0.131. The fourth-order valence-electron chi connectivity index (χ4n) is 19.0. The number of hydrogen-bond donors (Lipinski definition) is 5. The van der Waals surface area contributed by atoms with Gasteiger partial charge < -0.3 is 33.4 Å². The number of carbonyl (C=O) groups excluding carboxylic acids is 5. The summed E-state index contributed by atoms with van der Waals surface area (Å²) in [6, 6.07) is 74.6. The van der Waals surface area contributed by atoms with Crippen molar-refractivity contribution < 1.29 is 33.1 Å². The van der Waals surface area contributed by atoms with Gasteiger partial charge in [0.05, 0.1) is 64.6 Å². The van der Waals surface area contributed by atoms with Crippen LogP contribution in [-0.2, 0) is 57.1 Å². The number of nitrogens with zero attached hydrogens (tertiary/aromatic N) is 15. The van der Waals surface area contributed by atoms with Crippen LogP contribution < -0.4 is 33.4 Å². The number of rotatable bonds is 16. The third kappa shape index (κ3) is 21.8. The van der Waals surface area contributed by atoms with Crippen LogP contribution in [0.15, 0.2) is 283 Å². The van der Waals surface area contributed by atoms with Gasteiger partial charge in [0, 0.05) is 107 Å². The molecule has 2 aliphatic carbocycles. The summed E-state index contributed by atoms with van der Waals surface area (Å²) in [5, 5.41) is 23.7. The number of methoxy groups -OCH3 is 1. The van der Waals surface area contributed by atoms with Crippen molar-refractivity contribution >= 4 is 132 Å². The summed E-state index contributed by atoms with van der Waals surface area (Å²) >= 11 is 20.3. The number of carbonyl (C=O) groups is 5. The molecule has 20 rings (SSSR count). The second-order valence-corrected chi connectivity index (χ2v) is 44.0. The van der Waals surface area contributed by atoms with Gasteiger partial charge in [-0.2, -0.15) is 10.5 Å². The molecule has 10 heterocycles. The first-order valence-corrected chi connectivity index (χ1v) is 51.6. The molecule has 0 saturated heterocycles. The number of thiophene rings is 3. The normalized spacial score (nSPS) is 22.4. The summed E-state index contributed by atoms with van der Waals surface area (Å²) in [6.07, 6.45) is 12.5. The lowest BCUT2D eigenvalue weighted by Crippen LogP contribution is -2.52. The molecule has 33 heteroatoms. The molecule has 0 bridgehead atoms. The van der Waals surface area contributed by atoms with Crippen LogP contribution in [0.1, 0.15) is 205 Å². The van der Waals surface area contributed by atoms with Crippen LogP contribution in [0, 0.1) is 28.5 Å². The zero-order chi connectivity index (χ0) is 105. The van der Waals surface area contributed by atoms with Crippen LogP contribution in [0.4, 0.5) is 4.39 Å². The van der Waals surface area contributed by atoms with Crippen LogP contribution in [-0.4, -0.2) is 141 Å². The molecule has 1 unspecified atom stereocenters. The fourth-order valence-corrected chi connectivity index (χ4v) is 23.0. The average Bonchev–Trinajstić information content (AvgIpc) is 0.807. The van der Waals surface area contributed by atoms with Crippen LogP contribution in [0.5, 0.6) is 6.01 Å². The Hall–Kier alpha value is -14.4. The number of likely N-dealkylation sites (N-methyl/N-ethyl adjacent to an activating group) is 4. The maximum Gasteiger partial charge on any atom is 0.316 e. The summed E-state index contributed by atoms with van der Waals surface area (Å²) in [7, 11) is 9.75.